The summed E-state index contributed by atoms with van der Waals surface area (Å²) in [6, 6.07) is 1.91. The Morgan fingerprint density at radius 1 is 1.24 bits per heavy atom. The lowest BCUT2D eigenvalue weighted by atomic mass is 9.98. The van der Waals surface area contributed by atoms with E-state index in [-0.39, 0.29) is 0 Å². The van der Waals surface area contributed by atoms with Gasteiger partial charge in [-0.15, -0.1) is 0 Å². The van der Waals surface area contributed by atoms with Crippen molar-refractivity contribution in [1.29, 1.82) is 0 Å². The number of aliphatic hydroxyl groups is 4. The van der Waals surface area contributed by atoms with Crippen molar-refractivity contribution < 1.29 is 30.1 Å². The van der Waals surface area contributed by atoms with E-state index in [4.69, 9.17) is 9.84 Å². The first-order valence-corrected chi connectivity index (χ1v) is 6.04. The van der Waals surface area contributed by atoms with E-state index in [2.05, 4.69) is 0 Å². The van der Waals surface area contributed by atoms with Crippen LogP contribution in [-0.2, 0) is 4.74 Å². The van der Waals surface area contributed by atoms with Crippen molar-refractivity contribution in [2.24, 2.45) is 0 Å². The predicted octanol–water partition coefficient (Wildman–Crippen LogP) is -2.27. The van der Waals surface area contributed by atoms with Crippen molar-refractivity contribution in [3.63, 3.8) is 0 Å². The van der Waals surface area contributed by atoms with Crippen LogP contribution >= 0.6 is 0 Å². The minimum Gasteiger partial charge on any atom is -0.394 e. The molecule has 10 heteroatoms. The zero-order chi connectivity index (χ0) is 15.7. The summed E-state index contributed by atoms with van der Waals surface area (Å²) in [5.74, 6) is 0. The maximum Gasteiger partial charge on any atom is 0.285 e. The first-order valence-electron chi connectivity index (χ1n) is 6.04. The summed E-state index contributed by atoms with van der Waals surface area (Å²) < 4.78 is 5.90. The van der Waals surface area contributed by atoms with E-state index in [1.807, 2.05) is 0 Å². The van der Waals surface area contributed by atoms with Crippen molar-refractivity contribution in [3.8, 4) is 0 Å². The van der Waals surface area contributed by atoms with Crippen LogP contribution in [0.1, 0.15) is 6.23 Å². The van der Waals surface area contributed by atoms with E-state index in [1.54, 1.807) is 0 Å². The molecular formula is C11H14N2O8. The highest BCUT2D eigenvalue weighted by atomic mass is 16.6. The quantitative estimate of drug-likeness (QED) is 0.360. The monoisotopic (exact) mass is 302 g/mol. The number of nitro groups is 1. The lowest BCUT2D eigenvalue weighted by molar-refractivity contribution is -0.385. The summed E-state index contributed by atoms with van der Waals surface area (Å²) >= 11 is 0. The number of aromatic nitrogens is 1. The van der Waals surface area contributed by atoms with Gasteiger partial charge in [0.15, 0.2) is 6.23 Å². The third-order valence-electron chi connectivity index (χ3n) is 3.27. The topological polar surface area (TPSA) is 155 Å². The van der Waals surface area contributed by atoms with Crippen LogP contribution in [0, 0.1) is 10.1 Å². The summed E-state index contributed by atoms with van der Waals surface area (Å²) in [4.78, 5) is 21.8. The molecule has 116 valence electrons. The Morgan fingerprint density at radius 2 is 1.90 bits per heavy atom. The fourth-order valence-corrected chi connectivity index (χ4v) is 2.11. The summed E-state index contributed by atoms with van der Waals surface area (Å²) in [6.45, 7) is -0.662. The second kappa shape index (κ2) is 5.87. The standard InChI is InChI=1S/C11H14N2O8/c14-4-6-8(16)9(17)10(18)11(21-6)12-3-5(13(19)20)1-2-7(12)15/h1-3,6,8-11,14,16-18H,4H2/t6-,8-,9+,10-,11-/m1/s1. The number of hydrogen-bond acceptors (Lipinski definition) is 8. The summed E-state index contributed by atoms with van der Waals surface area (Å²) in [7, 11) is 0. The van der Waals surface area contributed by atoms with Crippen LogP contribution in [0.4, 0.5) is 5.69 Å². The molecule has 0 saturated carbocycles. The van der Waals surface area contributed by atoms with Gasteiger partial charge in [-0.25, -0.2) is 0 Å². The third kappa shape index (κ3) is 2.80. The van der Waals surface area contributed by atoms with E-state index >= 15 is 0 Å². The molecule has 2 heterocycles. The van der Waals surface area contributed by atoms with Gasteiger partial charge in [-0.2, -0.15) is 0 Å². The van der Waals surface area contributed by atoms with E-state index in [0.717, 1.165) is 22.9 Å². The highest BCUT2D eigenvalue weighted by Gasteiger charge is 2.44. The Balaban J connectivity index is 2.42. The largest absolute Gasteiger partial charge is 0.394 e. The smallest absolute Gasteiger partial charge is 0.285 e. The molecule has 21 heavy (non-hydrogen) atoms. The van der Waals surface area contributed by atoms with Gasteiger partial charge in [-0.3, -0.25) is 19.5 Å². The first-order chi connectivity index (χ1) is 9.86. The average molecular weight is 302 g/mol. The first kappa shape index (κ1) is 15.5. The van der Waals surface area contributed by atoms with E-state index in [0.29, 0.717) is 0 Å². The zero-order valence-electron chi connectivity index (χ0n) is 10.6. The Labute approximate surface area is 117 Å². The van der Waals surface area contributed by atoms with Gasteiger partial charge in [0.25, 0.3) is 11.2 Å². The third-order valence-corrected chi connectivity index (χ3v) is 3.27. The van der Waals surface area contributed by atoms with Crippen LogP contribution in [-0.4, -0.2) is 60.9 Å². The molecule has 1 saturated heterocycles. The molecule has 0 unspecified atom stereocenters. The molecule has 2 rings (SSSR count). The van der Waals surface area contributed by atoms with Crippen molar-refractivity contribution in [1.82, 2.24) is 4.57 Å². The van der Waals surface area contributed by atoms with Crippen molar-refractivity contribution >= 4 is 5.69 Å². The Kier molecular flexibility index (Phi) is 4.34. The highest BCUT2D eigenvalue weighted by Crippen LogP contribution is 2.28. The molecule has 1 fully saturated rings. The second-order valence-corrected chi connectivity index (χ2v) is 4.61. The molecule has 4 N–H and O–H groups in total. The molecule has 0 spiro atoms. The molecule has 0 bridgehead atoms. The number of nitrogens with zero attached hydrogens (tertiary/aromatic N) is 2. The van der Waals surface area contributed by atoms with Crippen LogP contribution < -0.4 is 5.56 Å². The molecule has 1 aromatic heterocycles. The maximum atomic E-state index is 11.8. The van der Waals surface area contributed by atoms with Crippen LogP contribution in [0.15, 0.2) is 23.1 Å². The minimum absolute atomic E-state index is 0.411. The Hall–Kier alpha value is -1.85. The SMILES string of the molecule is O=c1ccc([N+](=O)[O-])cn1[C@@H]1O[C@H](CO)[C@@H](O)[C@H](O)[C@H]1O. The molecule has 1 aliphatic rings. The summed E-state index contributed by atoms with van der Waals surface area (Å²) in [5.41, 5.74) is -1.11. The molecule has 0 radical (unpaired) electrons. The normalized spacial score (nSPS) is 32.9. The number of hydrogen-bond donors (Lipinski definition) is 4. The molecule has 0 aromatic carbocycles. The molecule has 10 nitrogen and oxygen atoms in total. The maximum absolute atomic E-state index is 11.8. The zero-order valence-corrected chi connectivity index (χ0v) is 10.6. The molecule has 0 aliphatic carbocycles. The molecule has 5 atom stereocenters. The highest BCUT2D eigenvalue weighted by molar-refractivity contribution is 5.25. The summed E-state index contributed by atoms with van der Waals surface area (Å²) in [6.07, 6.45) is -6.76. The van der Waals surface area contributed by atoms with Gasteiger partial charge in [-0.1, -0.05) is 0 Å². The van der Waals surface area contributed by atoms with Gasteiger partial charge in [0.1, 0.15) is 24.4 Å². The lowest BCUT2D eigenvalue weighted by Crippen LogP contribution is -2.57. The van der Waals surface area contributed by atoms with Gasteiger partial charge in [0.2, 0.25) is 0 Å². The predicted molar refractivity (Wildman–Crippen MR) is 66.4 cm³/mol. The molecule has 1 aromatic rings. The van der Waals surface area contributed by atoms with Crippen LogP contribution in [0.25, 0.3) is 0 Å². The van der Waals surface area contributed by atoms with Crippen LogP contribution in [0.2, 0.25) is 0 Å². The number of rotatable bonds is 3. The van der Waals surface area contributed by atoms with Crippen molar-refractivity contribution in [2.45, 2.75) is 30.6 Å². The second-order valence-electron chi connectivity index (χ2n) is 4.61. The fraction of sp³-hybridized carbons (Fsp3) is 0.545. The molecular weight excluding hydrogens is 288 g/mol. The number of pyridine rings is 1. The number of ether oxygens (including phenoxy) is 1. The van der Waals surface area contributed by atoms with E-state index < -0.39 is 53.4 Å². The summed E-state index contributed by atoms with van der Waals surface area (Å²) in [5, 5.41) is 49.0. The lowest BCUT2D eigenvalue weighted by Gasteiger charge is -2.40. The van der Waals surface area contributed by atoms with Crippen molar-refractivity contribution in [2.75, 3.05) is 6.61 Å². The van der Waals surface area contributed by atoms with Gasteiger partial charge in [0.05, 0.1) is 17.7 Å². The van der Waals surface area contributed by atoms with Gasteiger partial charge < -0.3 is 25.2 Å². The molecule has 0 amide bonds. The van der Waals surface area contributed by atoms with Gasteiger partial charge in [-0.05, 0) is 0 Å². The van der Waals surface area contributed by atoms with Gasteiger partial charge >= 0.3 is 0 Å². The fourth-order valence-electron chi connectivity index (χ4n) is 2.11. The Morgan fingerprint density at radius 3 is 2.48 bits per heavy atom. The Bertz CT molecular complexity index is 586. The van der Waals surface area contributed by atoms with E-state index in [1.165, 1.54) is 0 Å². The van der Waals surface area contributed by atoms with E-state index in [9.17, 15) is 30.2 Å². The number of aliphatic hydroxyl groups excluding tert-OH is 4. The molecule has 1 aliphatic heterocycles. The average Bonchev–Trinajstić information content (AvgIpc) is 2.46. The van der Waals surface area contributed by atoms with Crippen LogP contribution in [0.5, 0.6) is 0 Å². The van der Waals surface area contributed by atoms with Crippen LogP contribution in [0.3, 0.4) is 0 Å². The van der Waals surface area contributed by atoms with Crippen molar-refractivity contribution in [3.05, 3.63) is 38.8 Å². The minimum atomic E-state index is -1.69. The van der Waals surface area contributed by atoms with Gasteiger partial charge in [0, 0.05) is 12.1 Å².